The summed E-state index contributed by atoms with van der Waals surface area (Å²) < 4.78 is 4.77. The van der Waals surface area contributed by atoms with Crippen LogP contribution in [0.1, 0.15) is 0 Å². The van der Waals surface area contributed by atoms with Gasteiger partial charge >= 0.3 is 6.03 Å². The number of urea groups is 1. The van der Waals surface area contributed by atoms with E-state index in [4.69, 9.17) is 4.74 Å². The number of methoxy groups -OCH3 is 1. The Morgan fingerprint density at radius 3 is 1.94 bits per heavy atom. The molecule has 31 heavy (non-hydrogen) atoms. The summed E-state index contributed by atoms with van der Waals surface area (Å²) in [6.07, 6.45) is 0. The van der Waals surface area contributed by atoms with Crippen molar-refractivity contribution in [1.82, 2.24) is 9.80 Å². The zero-order valence-corrected chi connectivity index (χ0v) is 17.5. The summed E-state index contributed by atoms with van der Waals surface area (Å²) in [4.78, 5) is 40.0. The third kappa shape index (κ3) is 7.09. The standard InChI is InChI=1S/C22H27N5O4/c1-31-16-21(29)24-18-7-9-19(10-8-18)25-22(30)27-13-11-26(12-14-27)15-20(28)23-17-5-3-2-4-6-17/h2-10H,11-16H2,1H3,(H,23,28)(H,24,29)(H,25,30). The van der Waals surface area contributed by atoms with Crippen molar-refractivity contribution in [2.75, 3.05) is 62.4 Å². The molecule has 1 aliphatic rings. The summed E-state index contributed by atoms with van der Waals surface area (Å²) in [5, 5.41) is 8.43. The largest absolute Gasteiger partial charge is 0.375 e. The van der Waals surface area contributed by atoms with E-state index in [9.17, 15) is 14.4 Å². The predicted molar refractivity (Wildman–Crippen MR) is 119 cm³/mol. The van der Waals surface area contributed by atoms with E-state index in [0.717, 1.165) is 5.69 Å². The molecule has 0 radical (unpaired) electrons. The van der Waals surface area contributed by atoms with Crippen molar-refractivity contribution < 1.29 is 19.1 Å². The van der Waals surface area contributed by atoms with Crippen molar-refractivity contribution in [3.05, 3.63) is 54.6 Å². The minimum absolute atomic E-state index is 0.0155. The summed E-state index contributed by atoms with van der Waals surface area (Å²) in [5.74, 6) is -0.309. The first-order valence-corrected chi connectivity index (χ1v) is 10.1. The number of piperazine rings is 1. The molecule has 2 aromatic rings. The lowest BCUT2D eigenvalue weighted by molar-refractivity contribution is -0.119. The molecule has 9 nitrogen and oxygen atoms in total. The van der Waals surface area contributed by atoms with Crippen LogP contribution in [-0.2, 0) is 14.3 Å². The van der Waals surface area contributed by atoms with Crippen molar-refractivity contribution in [2.45, 2.75) is 0 Å². The number of hydrogen-bond acceptors (Lipinski definition) is 5. The number of anilines is 3. The molecule has 164 valence electrons. The fourth-order valence-corrected chi connectivity index (χ4v) is 3.20. The highest BCUT2D eigenvalue weighted by atomic mass is 16.5. The average molecular weight is 425 g/mol. The summed E-state index contributed by atoms with van der Waals surface area (Å²) >= 11 is 0. The lowest BCUT2D eigenvalue weighted by atomic mass is 10.2. The monoisotopic (exact) mass is 425 g/mol. The summed E-state index contributed by atoms with van der Waals surface area (Å²) in [7, 11) is 1.46. The Bertz CT molecular complexity index is 881. The van der Waals surface area contributed by atoms with Gasteiger partial charge in [-0.2, -0.15) is 0 Å². The van der Waals surface area contributed by atoms with E-state index in [-0.39, 0.29) is 24.5 Å². The number of hydrogen-bond donors (Lipinski definition) is 3. The van der Waals surface area contributed by atoms with E-state index in [0.29, 0.717) is 44.1 Å². The molecule has 3 rings (SSSR count). The Hall–Kier alpha value is -3.43. The van der Waals surface area contributed by atoms with Gasteiger partial charge in [0.2, 0.25) is 11.8 Å². The maximum absolute atomic E-state index is 12.5. The molecule has 0 atom stereocenters. The number of benzene rings is 2. The van der Waals surface area contributed by atoms with Gasteiger partial charge in [0.1, 0.15) is 6.61 Å². The molecule has 1 heterocycles. The second-order valence-electron chi connectivity index (χ2n) is 7.17. The van der Waals surface area contributed by atoms with Crippen LogP contribution in [0.4, 0.5) is 21.9 Å². The highest BCUT2D eigenvalue weighted by Crippen LogP contribution is 2.15. The van der Waals surface area contributed by atoms with Crippen molar-refractivity contribution in [3.8, 4) is 0 Å². The van der Waals surface area contributed by atoms with Crippen LogP contribution in [0.3, 0.4) is 0 Å². The zero-order valence-electron chi connectivity index (χ0n) is 17.5. The van der Waals surface area contributed by atoms with E-state index < -0.39 is 0 Å². The Morgan fingerprint density at radius 2 is 1.32 bits per heavy atom. The summed E-state index contributed by atoms with van der Waals surface area (Å²) in [6, 6.07) is 16.0. The van der Waals surface area contributed by atoms with Crippen LogP contribution in [0, 0.1) is 0 Å². The quantitative estimate of drug-likeness (QED) is 0.630. The molecular weight excluding hydrogens is 398 g/mol. The van der Waals surface area contributed by atoms with Gasteiger partial charge in [-0.3, -0.25) is 14.5 Å². The first-order valence-electron chi connectivity index (χ1n) is 10.1. The van der Waals surface area contributed by atoms with E-state index in [1.165, 1.54) is 7.11 Å². The van der Waals surface area contributed by atoms with Gasteiger partial charge in [-0.25, -0.2) is 4.79 Å². The maximum atomic E-state index is 12.5. The van der Waals surface area contributed by atoms with Gasteiger partial charge in [0.25, 0.3) is 0 Å². The van der Waals surface area contributed by atoms with E-state index in [1.807, 2.05) is 35.2 Å². The molecule has 0 unspecified atom stereocenters. The molecule has 0 spiro atoms. The number of carbonyl (C=O) groups is 3. The number of para-hydroxylation sites is 1. The first kappa shape index (κ1) is 22.3. The first-order chi connectivity index (χ1) is 15.0. The van der Waals surface area contributed by atoms with Crippen molar-refractivity contribution >= 4 is 34.9 Å². The number of nitrogens with zero attached hydrogens (tertiary/aromatic N) is 2. The number of nitrogens with one attached hydrogen (secondary N) is 3. The average Bonchev–Trinajstić information content (AvgIpc) is 2.76. The highest BCUT2D eigenvalue weighted by molar-refractivity contribution is 5.93. The molecule has 2 aromatic carbocycles. The molecule has 1 saturated heterocycles. The smallest absolute Gasteiger partial charge is 0.321 e. The minimum atomic E-state index is -0.241. The van der Waals surface area contributed by atoms with E-state index in [2.05, 4.69) is 16.0 Å². The normalized spacial score (nSPS) is 14.0. The third-order valence-electron chi connectivity index (χ3n) is 4.78. The van der Waals surface area contributed by atoms with Gasteiger partial charge in [0.15, 0.2) is 0 Å². The van der Waals surface area contributed by atoms with Gasteiger partial charge in [0, 0.05) is 50.4 Å². The van der Waals surface area contributed by atoms with Crippen molar-refractivity contribution in [2.24, 2.45) is 0 Å². The number of rotatable bonds is 7. The Labute approximate surface area is 181 Å². The molecule has 1 aliphatic heterocycles. The van der Waals surface area contributed by atoms with Gasteiger partial charge < -0.3 is 25.6 Å². The van der Waals surface area contributed by atoms with Crippen LogP contribution in [-0.4, -0.2) is 74.1 Å². The lowest BCUT2D eigenvalue weighted by Gasteiger charge is -2.34. The lowest BCUT2D eigenvalue weighted by Crippen LogP contribution is -2.51. The third-order valence-corrected chi connectivity index (χ3v) is 4.78. The Balaban J connectivity index is 1.40. The molecular formula is C22H27N5O4. The van der Waals surface area contributed by atoms with Crippen molar-refractivity contribution in [1.29, 1.82) is 0 Å². The fraction of sp³-hybridized carbons (Fsp3) is 0.318. The number of amides is 4. The zero-order chi connectivity index (χ0) is 22.1. The van der Waals surface area contributed by atoms with Crippen LogP contribution in [0.2, 0.25) is 0 Å². The maximum Gasteiger partial charge on any atom is 0.321 e. The topological polar surface area (TPSA) is 103 Å². The highest BCUT2D eigenvalue weighted by Gasteiger charge is 2.22. The van der Waals surface area contributed by atoms with Crippen LogP contribution in [0.15, 0.2) is 54.6 Å². The molecule has 0 aromatic heterocycles. The van der Waals surface area contributed by atoms with E-state index in [1.54, 1.807) is 29.2 Å². The molecule has 3 N–H and O–H groups in total. The van der Waals surface area contributed by atoms with Gasteiger partial charge in [0.05, 0.1) is 6.54 Å². The molecule has 0 bridgehead atoms. The molecule has 9 heteroatoms. The van der Waals surface area contributed by atoms with Crippen LogP contribution in [0.25, 0.3) is 0 Å². The Morgan fingerprint density at radius 1 is 0.774 bits per heavy atom. The molecule has 0 saturated carbocycles. The minimum Gasteiger partial charge on any atom is -0.375 e. The summed E-state index contributed by atoms with van der Waals surface area (Å²) in [6.45, 7) is 2.60. The van der Waals surface area contributed by atoms with Crippen LogP contribution < -0.4 is 16.0 Å². The molecule has 0 aliphatic carbocycles. The SMILES string of the molecule is COCC(=O)Nc1ccc(NC(=O)N2CCN(CC(=O)Nc3ccccc3)CC2)cc1. The van der Waals surface area contributed by atoms with Crippen LogP contribution >= 0.6 is 0 Å². The molecule has 4 amide bonds. The summed E-state index contributed by atoms with van der Waals surface area (Å²) in [5.41, 5.74) is 2.04. The van der Waals surface area contributed by atoms with Gasteiger partial charge in [-0.05, 0) is 36.4 Å². The second-order valence-corrected chi connectivity index (χ2v) is 7.17. The Kier molecular flexibility index (Phi) is 7.97. The number of ether oxygens (including phenoxy) is 1. The molecule has 1 fully saturated rings. The van der Waals surface area contributed by atoms with E-state index >= 15 is 0 Å². The second kappa shape index (κ2) is 11.1. The van der Waals surface area contributed by atoms with Gasteiger partial charge in [-0.15, -0.1) is 0 Å². The fourth-order valence-electron chi connectivity index (χ4n) is 3.20. The van der Waals surface area contributed by atoms with Crippen molar-refractivity contribution in [3.63, 3.8) is 0 Å². The van der Waals surface area contributed by atoms with Crippen LogP contribution in [0.5, 0.6) is 0 Å². The number of carbonyl (C=O) groups excluding carboxylic acids is 3. The van der Waals surface area contributed by atoms with Gasteiger partial charge in [-0.1, -0.05) is 18.2 Å². The predicted octanol–water partition coefficient (Wildman–Crippen LogP) is 2.06.